The van der Waals surface area contributed by atoms with Crippen molar-refractivity contribution in [2.45, 2.75) is 12.8 Å². The average molecular weight is 284 g/mol. The van der Waals surface area contributed by atoms with E-state index in [0.29, 0.717) is 30.6 Å². The minimum atomic E-state index is -0.408. The van der Waals surface area contributed by atoms with Gasteiger partial charge in [0.05, 0.1) is 22.4 Å². The van der Waals surface area contributed by atoms with Crippen molar-refractivity contribution in [1.29, 1.82) is 0 Å². The lowest BCUT2D eigenvalue weighted by Gasteiger charge is -2.28. The lowest BCUT2D eigenvalue weighted by molar-refractivity contribution is -0.385. The molecule has 1 aliphatic rings. The molecule has 1 aromatic carbocycles. The van der Waals surface area contributed by atoms with Crippen molar-refractivity contribution < 1.29 is 9.72 Å². The molecule has 0 unspecified atom stereocenters. The number of nitro groups is 1. The third-order valence-corrected chi connectivity index (χ3v) is 3.45. The fraction of sp³-hybridized carbons (Fsp3) is 0.214. The van der Waals surface area contributed by atoms with Crippen LogP contribution in [0.1, 0.15) is 22.5 Å². The second-order valence-electron chi connectivity index (χ2n) is 4.68. The van der Waals surface area contributed by atoms with Crippen LogP contribution in [0.5, 0.6) is 0 Å². The largest absolute Gasteiger partial charge is 0.306 e. The number of carbonyl (C=O) groups is 1. The molecule has 0 N–H and O–H groups in total. The first-order chi connectivity index (χ1) is 10.2. The Hall–Kier alpha value is -2.83. The first kappa shape index (κ1) is 13.2. The van der Waals surface area contributed by atoms with Crippen molar-refractivity contribution in [3.63, 3.8) is 0 Å². The van der Waals surface area contributed by atoms with Gasteiger partial charge in [0, 0.05) is 25.0 Å². The van der Waals surface area contributed by atoms with E-state index in [-0.39, 0.29) is 17.3 Å². The quantitative estimate of drug-likeness (QED) is 0.621. The maximum absolute atomic E-state index is 12.5. The van der Waals surface area contributed by atoms with Gasteiger partial charge in [-0.2, -0.15) is 0 Å². The summed E-state index contributed by atoms with van der Waals surface area (Å²) in [5.74, 6) is -0.287. The molecule has 1 amide bonds. The molecule has 3 rings (SSSR count). The van der Waals surface area contributed by atoms with Crippen molar-refractivity contribution >= 4 is 17.3 Å². The van der Waals surface area contributed by atoms with Gasteiger partial charge < -0.3 is 4.90 Å². The summed E-state index contributed by atoms with van der Waals surface area (Å²) in [5, 5.41) is 11.1. The molecule has 1 aromatic heterocycles. The molecule has 2 heterocycles. The van der Waals surface area contributed by atoms with Crippen LogP contribution in [0.25, 0.3) is 0 Å². The van der Waals surface area contributed by atoms with E-state index in [1.165, 1.54) is 29.6 Å². The number of hydrogen-bond acceptors (Lipinski definition) is 5. The van der Waals surface area contributed by atoms with Gasteiger partial charge in [0.2, 0.25) is 0 Å². The molecule has 21 heavy (non-hydrogen) atoms. The van der Waals surface area contributed by atoms with Crippen molar-refractivity contribution in [3.05, 3.63) is 58.2 Å². The Morgan fingerprint density at radius 2 is 2.19 bits per heavy atom. The molecule has 0 saturated heterocycles. The van der Waals surface area contributed by atoms with Crippen LogP contribution in [-0.2, 0) is 6.42 Å². The molecule has 0 atom stereocenters. The van der Waals surface area contributed by atoms with Crippen LogP contribution in [0, 0.1) is 10.1 Å². The molecule has 106 valence electrons. The van der Waals surface area contributed by atoms with Gasteiger partial charge in [-0.15, -0.1) is 0 Å². The normalized spacial score (nSPS) is 13.6. The van der Waals surface area contributed by atoms with E-state index in [1.807, 2.05) is 0 Å². The Bertz CT molecular complexity index is 703. The van der Waals surface area contributed by atoms with E-state index < -0.39 is 4.92 Å². The van der Waals surface area contributed by atoms with Crippen molar-refractivity contribution in [3.8, 4) is 0 Å². The van der Waals surface area contributed by atoms with Gasteiger partial charge in [-0.25, -0.2) is 4.98 Å². The molecule has 1 aliphatic heterocycles. The highest BCUT2D eigenvalue weighted by atomic mass is 16.6. The number of nitro benzene ring substituents is 1. The van der Waals surface area contributed by atoms with Crippen LogP contribution in [0.4, 0.5) is 11.4 Å². The highest BCUT2D eigenvalue weighted by Crippen LogP contribution is 2.34. The van der Waals surface area contributed by atoms with Gasteiger partial charge in [-0.1, -0.05) is 6.07 Å². The van der Waals surface area contributed by atoms with Gasteiger partial charge >= 0.3 is 0 Å². The number of fused-ring (bicyclic) bond motifs is 1. The predicted molar refractivity (Wildman–Crippen MR) is 75.1 cm³/mol. The average Bonchev–Trinajstić information content (AvgIpc) is 2.53. The van der Waals surface area contributed by atoms with Gasteiger partial charge in [-0.05, 0) is 18.9 Å². The van der Waals surface area contributed by atoms with Crippen LogP contribution in [0.3, 0.4) is 0 Å². The zero-order valence-corrected chi connectivity index (χ0v) is 11.1. The van der Waals surface area contributed by atoms with Crippen LogP contribution >= 0.6 is 0 Å². The van der Waals surface area contributed by atoms with E-state index >= 15 is 0 Å². The fourth-order valence-electron chi connectivity index (χ4n) is 2.54. The maximum Gasteiger partial charge on any atom is 0.278 e. The first-order valence-corrected chi connectivity index (χ1v) is 6.52. The van der Waals surface area contributed by atoms with Gasteiger partial charge in [0.1, 0.15) is 5.69 Å². The Balaban J connectivity index is 2.04. The molecule has 0 aliphatic carbocycles. The summed E-state index contributed by atoms with van der Waals surface area (Å²) in [6, 6.07) is 4.80. The summed E-state index contributed by atoms with van der Waals surface area (Å²) in [5.41, 5.74) is 1.48. The molecule has 0 fully saturated rings. The van der Waals surface area contributed by atoms with Crippen molar-refractivity contribution in [2.24, 2.45) is 0 Å². The number of amides is 1. The smallest absolute Gasteiger partial charge is 0.278 e. The number of hydrogen-bond donors (Lipinski definition) is 0. The lowest BCUT2D eigenvalue weighted by atomic mass is 9.99. The van der Waals surface area contributed by atoms with E-state index in [0.717, 1.165) is 0 Å². The predicted octanol–water partition coefficient (Wildman–Crippen LogP) is 1.98. The van der Waals surface area contributed by atoms with Crippen LogP contribution < -0.4 is 4.90 Å². The van der Waals surface area contributed by atoms with Crippen LogP contribution in [0.15, 0.2) is 36.8 Å². The number of anilines is 1. The topological polar surface area (TPSA) is 89.2 Å². The Kier molecular flexibility index (Phi) is 3.31. The minimum Gasteiger partial charge on any atom is -0.306 e. The summed E-state index contributed by atoms with van der Waals surface area (Å²) >= 11 is 0. The first-order valence-electron chi connectivity index (χ1n) is 6.52. The second-order valence-corrected chi connectivity index (χ2v) is 4.68. The zero-order chi connectivity index (χ0) is 14.8. The van der Waals surface area contributed by atoms with Gasteiger partial charge in [0.25, 0.3) is 11.6 Å². The van der Waals surface area contributed by atoms with Crippen LogP contribution in [-0.4, -0.2) is 27.3 Å². The van der Waals surface area contributed by atoms with E-state index in [1.54, 1.807) is 12.1 Å². The molecule has 0 radical (unpaired) electrons. The number of rotatable bonds is 2. The summed E-state index contributed by atoms with van der Waals surface area (Å²) in [4.78, 5) is 32.6. The molecule has 0 saturated carbocycles. The third kappa shape index (κ3) is 2.33. The molecule has 0 bridgehead atoms. The van der Waals surface area contributed by atoms with E-state index in [4.69, 9.17) is 0 Å². The molecular weight excluding hydrogens is 272 g/mol. The SMILES string of the molecule is O=C(c1cnccn1)N1CCCc2c1cccc2[N+](=O)[O-]. The lowest BCUT2D eigenvalue weighted by Crippen LogP contribution is -2.36. The molecular formula is C14H12N4O3. The monoisotopic (exact) mass is 284 g/mol. The summed E-state index contributed by atoms with van der Waals surface area (Å²) in [6.07, 6.45) is 5.62. The second kappa shape index (κ2) is 5.28. The van der Waals surface area contributed by atoms with Crippen molar-refractivity contribution in [2.75, 3.05) is 11.4 Å². The number of benzene rings is 1. The Labute approximate surface area is 120 Å². The van der Waals surface area contributed by atoms with E-state index in [2.05, 4.69) is 9.97 Å². The van der Waals surface area contributed by atoms with Crippen molar-refractivity contribution in [1.82, 2.24) is 9.97 Å². The molecule has 7 nitrogen and oxygen atoms in total. The molecule has 2 aromatic rings. The van der Waals surface area contributed by atoms with E-state index in [9.17, 15) is 14.9 Å². The minimum absolute atomic E-state index is 0.0594. The molecule has 7 heteroatoms. The van der Waals surface area contributed by atoms with Crippen LogP contribution in [0.2, 0.25) is 0 Å². The highest BCUT2D eigenvalue weighted by Gasteiger charge is 2.29. The Morgan fingerprint density at radius 1 is 1.33 bits per heavy atom. The maximum atomic E-state index is 12.5. The zero-order valence-electron chi connectivity index (χ0n) is 11.1. The number of aromatic nitrogens is 2. The fourth-order valence-corrected chi connectivity index (χ4v) is 2.54. The Morgan fingerprint density at radius 3 is 2.90 bits per heavy atom. The highest BCUT2D eigenvalue weighted by molar-refractivity contribution is 6.05. The number of nitrogens with zero attached hydrogens (tertiary/aromatic N) is 4. The number of carbonyl (C=O) groups excluding carboxylic acids is 1. The van der Waals surface area contributed by atoms with Gasteiger partial charge in [0.15, 0.2) is 0 Å². The van der Waals surface area contributed by atoms with Gasteiger partial charge in [-0.3, -0.25) is 19.9 Å². The standard InChI is InChI=1S/C14H12N4O3/c19-14(11-9-15-6-7-16-11)17-8-2-3-10-12(17)4-1-5-13(10)18(20)21/h1,4-7,9H,2-3,8H2. The summed E-state index contributed by atoms with van der Waals surface area (Å²) in [6.45, 7) is 0.517. The summed E-state index contributed by atoms with van der Waals surface area (Å²) < 4.78 is 0. The summed E-state index contributed by atoms with van der Waals surface area (Å²) in [7, 11) is 0. The third-order valence-electron chi connectivity index (χ3n) is 3.45. The molecule has 0 spiro atoms.